The number of hydrogen-bond donors (Lipinski definition) is 0. The van der Waals surface area contributed by atoms with Crippen molar-refractivity contribution in [3.8, 4) is 22.3 Å². The van der Waals surface area contributed by atoms with E-state index in [2.05, 4.69) is 225 Å². The minimum absolute atomic E-state index is 0.0313. The first kappa shape index (κ1) is 39.2. The van der Waals surface area contributed by atoms with Gasteiger partial charge in [0.15, 0.2) is 0 Å². The molecule has 4 aromatic heterocycles. The van der Waals surface area contributed by atoms with Gasteiger partial charge < -0.3 is 8.80 Å². The standard InChI is InChI=1S/C62H58N2/c1-59(2,3)38-23-25-50-44(28-38)46-30-40(61(7,8)9)32-48-55-52(63(50)57(46)48)34-53-56(54(55)37-20-15-19-36(27-37)43-22-16-18-35-17-13-14-21-42(35)43)49-33-41(62(10,11)12)31-47-45-29-39(60(4,5)6)24-26-51(45)64(53)58(47)49/h13-34H,1-12H3. The molecule has 0 aliphatic heterocycles. The molecular weight excluding hydrogens is 773 g/mol. The zero-order valence-corrected chi connectivity index (χ0v) is 39.6. The van der Waals surface area contributed by atoms with Crippen LogP contribution in [0.2, 0.25) is 0 Å². The fraction of sp³-hybridized carbons (Fsp3) is 0.258. The van der Waals surface area contributed by atoms with Crippen LogP contribution >= 0.6 is 0 Å². The van der Waals surface area contributed by atoms with Crippen molar-refractivity contribution in [3.63, 3.8) is 0 Å². The highest BCUT2D eigenvalue weighted by atomic mass is 14.9. The summed E-state index contributed by atoms with van der Waals surface area (Å²) in [5, 5.41) is 13.2. The van der Waals surface area contributed by atoms with Crippen molar-refractivity contribution in [1.82, 2.24) is 8.80 Å². The molecule has 0 spiro atoms. The molecule has 0 saturated heterocycles. The summed E-state index contributed by atoms with van der Waals surface area (Å²) in [5.74, 6) is 0. The predicted octanol–water partition coefficient (Wildman–Crippen LogP) is 17.7. The normalized spacial score (nSPS) is 13.6. The van der Waals surface area contributed by atoms with Crippen molar-refractivity contribution in [2.45, 2.75) is 105 Å². The Kier molecular flexibility index (Phi) is 7.76. The Morgan fingerprint density at radius 3 is 1.27 bits per heavy atom. The number of benzene rings is 8. The molecule has 0 atom stereocenters. The van der Waals surface area contributed by atoms with Gasteiger partial charge in [-0.3, -0.25) is 0 Å². The molecule has 0 bridgehead atoms. The third-order valence-corrected chi connectivity index (χ3v) is 14.7. The van der Waals surface area contributed by atoms with E-state index in [4.69, 9.17) is 0 Å². The van der Waals surface area contributed by atoms with Crippen LogP contribution in [0.5, 0.6) is 0 Å². The molecular formula is C62H58N2. The topological polar surface area (TPSA) is 8.82 Å². The monoisotopic (exact) mass is 830 g/mol. The summed E-state index contributed by atoms with van der Waals surface area (Å²) < 4.78 is 5.24. The Balaban J connectivity index is 1.34. The van der Waals surface area contributed by atoms with Crippen LogP contribution < -0.4 is 0 Å². The lowest BCUT2D eigenvalue weighted by Crippen LogP contribution is -2.11. The minimum atomic E-state index is -0.0506. The Hall–Kier alpha value is -6.38. The largest absolute Gasteiger partial charge is 0.308 e. The molecule has 0 amide bonds. The second-order valence-corrected chi connectivity index (χ2v) is 23.1. The van der Waals surface area contributed by atoms with E-state index < -0.39 is 0 Å². The predicted molar refractivity (Wildman–Crippen MR) is 279 cm³/mol. The van der Waals surface area contributed by atoms with E-state index in [1.54, 1.807) is 0 Å². The van der Waals surface area contributed by atoms with Crippen LogP contribution in [-0.2, 0) is 21.7 Å². The zero-order chi connectivity index (χ0) is 44.6. The summed E-state index contributed by atoms with van der Waals surface area (Å²) in [6, 6.07) is 52.2. The second-order valence-electron chi connectivity index (χ2n) is 23.1. The summed E-state index contributed by atoms with van der Waals surface area (Å²) in [5.41, 5.74) is 18.2. The second kappa shape index (κ2) is 12.7. The van der Waals surface area contributed by atoms with Gasteiger partial charge >= 0.3 is 0 Å². The average Bonchev–Trinajstić information content (AvgIpc) is 3.97. The molecule has 4 heterocycles. The molecule has 0 saturated carbocycles. The molecule has 12 aromatic rings. The molecule has 0 fully saturated rings. The first-order valence-corrected chi connectivity index (χ1v) is 23.3. The molecule has 2 nitrogen and oxygen atoms in total. The number of hydrogen-bond acceptors (Lipinski definition) is 0. The van der Waals surface area contributed by atoms with E-state index in [1.807, 2.05) is 0 Å². The lowest BCUT2D eigenvalue weighted by atomic mass is 9.83. The van der Waals surface area contributed by atoms with Gasteiger partial charge in [0, 0.05) is 48.7 Å². The van der Waals surface area contributed by atoms with Crippen LogP contribution in [0.1, 0.15) is 105 Å². The number of nitrogens with zero attached hydrogens (tertiary/aromatic N) is 2. The van der Waals surface area contributed by atoms with E-state index in [-0.39, 0.29) is 21.7 Å². The van der Waals surface area contributed by atoms with Gasteiger partial charge in [0.2, 0.25) is 0 Å². The van der Waals surface area contributed by atoms with E-state index in [0.717, 1.165) is 0 Å². The zero-order valence-electron chi connectivity index (χ0n) is 39.6. The first-order valence-electron chi connectivity index (χ1n) is 23.3. The first-order chi connectivity index (χ1) is 30.3. The highest BCUT2D eigenvalue weighted by Crippen LogP contribution is 2.52. The Labute approximate surface area is 376 Å². The van der Waals surface area contributed by atoms with E-state index in [9.17, 15) is 0 Å². The van der Waals surface area contributed by atoms with Gasteiger partial charge in [0.1, 0.15) is 0 Å². The average molecular weight is 831 g/mol. The van der Waals surface area contributed by atoms with Crippen LogP contribution in [0, 0.1) is 0 Å². The van der Waals surface area contributed by atoms with Gasteiger partial charge in [-0.1, -0.05) is 156 Å². The lowest BCUT2D eigenvalue weighted by molar-refractivity contribution is 0.590. The van der Waals surface area contributed by atoms with Crippen molar-refractivity contribution in [1.29, 1.82) is 0 Å². The summed E-state index contributed by atoms with van der Waals surface area (Å²) in [4.78, 5) is 0. The van der Waals surface area contributed by atoms with E-state index in [0.29, 0.717) is 0 Å². The van der Waals surface area contributed by atoms with E-state index in [1.165, 1.54) is 131 Å². The van der Waals surface area contributed by atoms with Gasteiger partial charge in [0.25, 0.3) is 0 Å². The van der Waals surface area contributed by atoms with Gasteiger partial charge in [0.05, 0.1) is 33.1 Å². The van der Waals surface area contributed by atoms with Crippen molar-refractivity contribution < 1.29 is 0 Å². The molecule has 2 heteroatoms. The van der Waals surface area contributed by atoms with Crippen molar-refractivity contribution in [2.24, 2.45) is 0 Å². The summed E-state index contributed by atoms with van der Waals surface area (Å²) in [6.45, 7) is 28.2. The van der Waals surface area contributed by atoms with E-state index >= 15 is 0 Å². The number of fused-ring (bicyclic) bond motifs is 13. The van der Waals surface area contributed by atoms with Crippen LogP contribution in [-0.4, -0.2) is 8.80 Å². The summed E-state index contributed by atoms with van der Waals surface area (Å²) in [6.07, 6.45) is 0. The summed E-state index contributed by atoms with van der Waals surface area (Å²) >= 11 is 0. The van der Waals surface area contributed by atoms with Gasteiger partial charge in [-0.15, -0.1) is 0 Å². The smallest absolute Gasteiger partial charge is 0.0620 e. The molecule has 64 heavy (non-hydrogen) atoms. The quantitative estimate of drug-likeness (QED) is 0.164. The molecule has 12 rings (SSSR count). The molecule has 0 unspecified atom stereocenters. The molecule has 8 aromatic carbocycles. The number of aromatic nitrogens is 2. The van der Waals surface area contributed by atoms with Crippen LogP contribution in [0.4, 0.5) is 0 Å². The van der Waals surface area contributed by atoms with Crippen molar-refractivity contribution in [3.05, 3.63) is 156 Å². The molecule has 0 radical (unpaired) electrons. The maximum Gasteiger partial charge on any atom is 0.0620 e. The van der Waals surface area contributed by atoms with Gasteiger partial charge in [-0.2, -0.15) is 0 Å². The SMILES string of the molecule is CC(C)(C)c1ccc2c(c1)c1cc(C(C)(C)C)cc3c4c(-c5cccc(-c6cccc7ccccc67)c5)c5c6cc(C(C)(C)C)cc7c8cc(C(C)(C)C)ccc8n(c5cc4n2c13)c76. The molecule has 0 aliphatic carbocycles. The van der Waals surface area contributed by atoms with Crippen LogP contribution in [0.3, 0.4) is 0 Å². The van der Waals surface area contributed by atoms with Crippen molar-refractivity contribution in [2.75, 3.05) is 0 Å². The summed E-state index contributed by atoms with van der Waals surface area (Å²) in [7, 11) is 0. The van der Waals surface area contributed by atoms with Crippen LogP contribution in [0.15, 0.2) is 133 Å². The maximum atomic E-state index is 2.62. The fourth-order valence-corrected chi connectivity index (χ4v) is 11.1. The maximum absolute atomic E-state index is 2.62. The number of rotatable bonds is 2. The highest BCUT2D eigenvalue weighted by Gasteiger charge is 2.30. The Bertz CT molecular complexity index is 3710. The third-order valence-electron chi connectivity index (χ3n) is 14.7. The van der Waals surface area contributed by atoms with Crippen molar-refractivity contribution >= 4 is 87.0 Å². The fourth-order valence-electron chi connectivity index (χ4n) is 11.1. The minimum Gasteiger partial charge on any atom is -0.308 e. The lowest BCUT2D eigenvalue weighted by Gasteiger charge is -2.21. The molecule has 316 valence electrons. The molecule has 0 N–H and O–H groups in total. The van der Waals surface area contributed by atoms with Gasteiger partial charge in [-0.25, -0.2) is 0 Å². The Morgan fingerprint density at radius 2 is 0.750 bits per heavy atom. The molecule has 0 aliphatic rings. The Morgan fingerprint density at radius 1 is 0.312 bits per heavy atom. The van der Waals surface area contributed by atoms with Crippen LogP contribution in [0.25, 0.3) is 109 Å². The van der Waals surface area contributed by atoms with Gasteiger partial charge in [-0.05, 0) is 132 Å². The highest BCUT2D eigenvalue weighted by molar-refractivity contribution is 6.34. The third kappa shape index (κ3) is 5.44.